The molecular formula is C17H21Cl2NO3. The average Bonchev–Trinajstić information content (AvgIpc) is 2.56. The van der Waals surface area contributed by atoms with Crippen LogP contribution in [0.25, 0.3) is 0 Å². The quantitative estimate of drug-likeness (QED) is 0.898. The second kappa shape index (κ2) is 7.84. The molecule has 1 aromatic rings. The summed E-state index contributed by atoms with van der Waals surface area (Å²) in [6.07, 6.45) is 4.15. The smallest absolute Gasteiger partial charge is 0.220 e. The Bertz CT molecular complexity index is 567. The molecule has 0 aromatic heterocycles. The van der Waals surface area contributed by atoms with E-state index in [1.165, 1.54) is 0 Å². The first kappa shape index (κ1) is 17.0. The number of rotatable bonds is 4. The second-order valence-corrected chi connectivity index (χ2v) is 6.96. The monoisotopic (exact) mass is 357 g/mol. The molecule has 1 heterocycles. The Hall–Kier alpha value is -0.810. The Balaban J connectivity index is 1.45. The summed E-state index contributed by atoms with van der Waals surface area (Å²) < 4.78 is 11.4. The third-order valence-corrected chi connectivity index (χ3v) is 5.21. The number of aryl methyl sites for hydroxylation is 1. The minimum Gasteiger partial charge on any atom is -0.373 e. The van der Waals surface area contributed by atoms with Crippen LogP contribution in [-0.2, 0) is 20.7 Å². The number of hydrogen-bond donors (Lipinski definition) is 1. The van der Waals surface area contributed by atoms with Crippen LogP contribution in [-0.4, -0.2) is 37.4 Å². The molecule has 126 valence electrons. The van der Waals surface area contributed by atoms with E-state index in [4.69, 9.17) is 32.7 Å². The van der Waals surface area contributed by atoms with E-state index in [9.17, 15) is 4.79 Å². The molecule has 2 fully saturated rings. The molecule has 3 rings (SSSR count). The van der Waals surface area contributed by atoms with Gasteiger partial charge in [0.25, 0.3) is 0 Å². The number of ether oxygens (including phenoxy) is 2. The third-order valence-electron chi connectivity index (χ3n) is 4.47. The van der Waals surface area contributed by atoms with Gasteiger partial charge in [-0.2, -0.15) is 0 Å². The van der Waals surface area contributed by atoms with Crippen molar-refractivity contribution < 1.29 is 14.3 Å². The molecule has 1 N–H and O–H groups in total. The maximum absolute atomic E-state index is 12.2. The zero-order valence-electron chi connectivity index (χ0n) is 12.9. The van der Waals surface area contributed by atoms with Gasteiger partial charge in [-0.1, -0.05) is 29.3 Å². The van der Waals surface area contributed by atoms with Crippen LogP contribution in [0.4, 0.5) is 0 Å². The lowest BCUT2D eigenvalue weighted by Crippen LogP contribution is -2.49. The molecule has 0 spiro atoms. The Morgan fingerprint density at radius 2 is 1.91 bits per heavy atom. The van der Waals surface area contributed by atoms with Gasteiger partial charge in [0, 0.05) is 12.5 Å². The zero-order valence-corrected chi connectivity index (χ0v) is 14.4. The molecule has 1 saturated carbocycles. The highest BCUT2D eigenvalue weighted by molar-refractivity contribution is 6.42. The summed E-state index contributed by atoms with van der Waals surface area (Å²) in [5.74, 6) is 0.0660. The van der Waals surface area contributed by atoms with Crippen molar-refractivity contribution >= 4 is 29.1 Å². The second-order valence-electron chi connectivity index (χ2n) is 6.14. The van der Waals surface area contributed by atoms with Gasteiger partial charge in [-0.3, -0.25) is 4.79 Å². The van der Waals surface area contributed by atoms with E-state index >= 15 is 0 Å². The predicted molar refractivity (Wildman–Crippen MR) is 90.0 cm³/mol. The van der Waals surface area contributed by atoms with Gasteiger partial charge in [0.1, 0.15) is 0 Å². The summed E-state index contributed by atoms with van der Waals surface area (Å²) in [6, 6.07) is 5.66. The van der Waals surface area contributed by atoms with Gasteiger partial charge in [-0.15, -0.1) is 0 Å². The van der Waals surface area contributed by atoms with Crippen molar-refractivity contribution in [2.75, 3.05) is 13.2 Å². The first-order valence-corrected chi connectivity index (χ1v) is 8.84. The van der Waals surface area contributed by atoms with Crippen LogP contribution in [0, 0.1) is 0 Å². The van der Waals surface area contributed by atoms with Crippen LogP contribution in [0.15, 0.2) is 18.2 Å². The van der Waals surface area contributed by atoms with Crippen molar-refractivity contribution in [3.05, 3.63) is 33.8 Å². The van der Waals surface area contributed by atoms with Crippen molar-refractivity contribution in [1.29, 1.82) is 0 Å². The molecule has 23 heavy (non-hydrogen) atoms. The van der Waals surface area contributed by atoms with Gasteiger partial charge in [-0.05, 0) is 43.4 Å². The van der Waals surface area contributed by atoms with E-state index in [0.29, 0.717) is 36.1 Å². The van der Waals surface area contributed by atoms with Crippen LogP contribution in [0.5, 0.6) is 0 Å². The standard InChI is InChI=1S/C17H21Cl2NO3/c18-13-4-1-11(9-14(13)19)2-6-17(21)20-12-3-5-15-16(10-12)23-8-7-22-15/h1,4,9,12,15-16H,2-3,5-8,10H2,(H,20,21)/t12-,15+,16+/m1/s1. The molecular weight excluding hydrogens is 337 g/mol. The number of carbonyl (C=O) groups is 1. The van der Waals surface area contributed by atoms with Gasteiger partial charge in [0.15, 0.2) is 0 Å². The van der Waals surface area contributed by atoms with Crippen molar-refractivity contribution in [3.8, 4) is 0 Å². The number of carbonyl (C=O) groups excluding carboxylic acids is 1. The van der Waals surface area contributed by atoms with Crippen LogP contribution in [0.3, 0.4) is 0 Å². The Morgan fingerprint density at radius 3 is 2.70 bits per heavy atom. The van der Waals surface area contributed by atoms with Gasteiger partial charge < -0.3 is 14.8 Å². The number of amides is 1. The van der Waals surface area contributed by atoms with Crippen molar-refractivity contribution in [2.24, 2.45) is 0 Å². The van der Waals surface area contributed by atoms with E-state index in [1.807, 2.05) is 12.1 Å². The highest BCUT2D eigenvalue weighted by atomic mass is 35.5. The largest absolute Gasteiger partial charge is 0.373 e. The molecule has 1 saturated heterocycles. The number of nitrogens with one attached hydrogen (secondary N) is 1. The van der Waals surface area contributed by atoms with E-state index in [0.717, 1.165) is 24.8 Å². The molecule has 1 aliphatic heterocycles. The van der Waals surface area contributed by atoms with Gasteiger partial charge in [0.2, 0.25) is 5.91 Å². The summed E-state index contributed by atoms with van der Waals surface area (Å²) in [5.41, 5.74) is 1.02. The molecule has 0 radical (unpaired) electrons. The predicted octanol–water partition coefficient (Wildman–Crippen LogP) is 3.38. The molecule has 1 amide bonds. The van der Waals surface area contributed by atoms with E-state index in [1.54, 1.807) is 6.07 Å². The molecule has 2 aliphatic rings. The van der Waals surface area contributed by atoms with Gasteiger partial charge in [-0.25, -0.2) is 0 Å². The maximum atomic E-state index is 12.2. The molecule has 4 nitrogen and oxygen atoms in total. The molecule has 3 atom stereocenters. The molecule has 0 bridgehead atoms. The van der Waals surface area contributed by atoms with Gasteiger partial charge >= 0.3 is 0 Å². The number of fused-ring (bicyclic) bond motifs is 1. The van der Waals surface area contributed by atoms with E-state index in [-0.39, 0.29) is 24.2 Å². The lowest BCUT2D eigenvalue weighted by molar-refractivity contribution is -0.158. The topological polar surface area (TPSA) is 47.6 Å². The van der Waals surface area contributed by atoms with Gasteiger partial charge in [0.05, 0.1) is 35.5 Å². The molecule has 0 unspecified atom stereocenters. The Morgan fingerprint density at radius 1 is 1.13 bits per heavy atom. The highest BCUT2D eigenvalue weighted by Crippen LogP contribution is 2.27. The summed E-state index contributed by atoms with van der Waals surface area (Å²) in [4.78, 5) is 12.2. The lowest BCUT2D eigenvalue weighted by Gasteiger charge is -2.39. The summed E-state index contributed by atoms with van der Waals surface area (Å²) in [5, 5.41) is 4.17. The van der Waals surface area contributed by atoms with Crippen molar-refractivity contribution in [2.45, 2.75) is 50.4 Å². The minimum atomic E-state index is 0.0660. The highest BCUT2D eigenvalue weighted by Gasteiger charge is 2.34. The minimum absolute atomic E-state index is 0.0660. The number of hydrogen-bond acceptors (Lipinski definition) is 3. The summed E-state index contributed by atoms with van der Waals surface area (Å²) in [6.45, 7) is 1.33. The number of benzene rings is 1. The third kappa shape index (κ3) is 4.60. The fourth-order valence-electron chi connectivity index (χ4n) is 3.25. The first-order chi connectivity index (χ1) is 11.1. The first-order valence-electron chi connectivity index (χ1n) is 8.08. The fourth-order valence-corrected chi connectivity index (χ4v) is 3.57. The normalized spacial score (nSPS) is 27.3. The van der Waals surface area contributed by atoms with Crippen LogP contribution < -0.4 is 5.32 Å². The number of halogens is 2. The van der Waals surface area contributed by atoms with E-state index in [2.05, 4.69) is 5.32 Å². The molecule has 1 aromatic carbocycles. The average molecular weight is 358 g/mol. The van der Waals surface area contributed by atoms with E-state index < -0.39 is 0 Å². The van der Waals surface area contributed by atoms with Crippen molar-refractivity contribution in [1.82, 2.24) is 5.32 Å². The SMILES string of the molecule is O=C(CCc1ccc(Cl)c(Cl)c1)N[C@@H]1CC[C@@H]2OCCO[C@H]2C1. The summed E-state index contributed by atoms with van der Waals surface area (Å²) in [7, 11) is 0. The van der Waals surface area contributed by atoms with Crippen LogP contribution in [0.1, 0.15) is 31.2 Å². The fraction of sp³-hybridized carbons (Fsp3) is 0.588. The molecule has 6 heteroatoms. The summed E-state index contributed by atoms with van der Waals surface area (Å²) >= 11 is 11.9. The van der Waals surface area contributed by atoms with Crippen molar-refractivity contribution in [3.63, 3.8) is 0 Å². The van der Waals surface area contributed by atoms with Crippen LogP contribution in [0.2, 0.25) is 10.0 Å². The lowest BCUT2D eigenvalue weighted by atomic mass is 9.89. The molecule has 1 aliphatic carbocycles. The Kier molecular flexibility index (Phi) is 5.81. The van der Waals surface area contributed by atoms with Crippen LogP contribution >= 0.6 is 23.2 Å². The Labute approximate surface area is 146 Å². The zero-order chi connectivity index (χ0) is 16.2. The maximum Gasteiger partial charge on any atom is 0.220 e.